The normalized spacial score (nSPS) is 10.3. The number of hydrogen-bond donors (Lipinski definition) is 2. The van der Waals surface area contributed by atoms with E-state index in [2.05, 4.69) is 132 Å². The van der Waals surface area contributed by atoms with Gasteiger partial charge in [-0.15, -0.1) is 45.9 Å². The molecule has 0 aliphatic rings. The number of pyridine rings is 2. The maximum absolute atomic E-state index is 10.7. The number of rotatable bonds is 16. The van der Waals surface area contributed by atoms with E-state index in [1.807, 2.05) is 73.7 Å². The molecule has 0 aliphatic carbocycles. The zero-order valence-corrected chi connectivity index (χ0v) is 52.1. The fourth-order valence-corrected chi connectivity index (χ4v) is 23.9. The number of nitrogens with one attached hydrogen (secondary N) is 2. The van der Waals surface area contributed by atoms with Crippen molar-refractivity contribution in [2.24, 2.45) is 0 Å². The van der Waals surface area contributed by atoms with E-state index in [1.54, 1.807) is 66.7 Å². The summed E-state index contributed by atoms with van der Waals surface area (Å²) in [6.45, 7) is 8.93. The van der Waals surface area contributed by atoms with Gasteiger partial charge in [0.25, 0.3) is 11.1 Å². The Hall–Kier alpha value is -8.05. The van der Waals surface area contributed by atoms with E-state index in [-0.39, 0.29) is 11.1 Å². The Morgan fingerprint density at radius 3 is 1.08 bits per heavy atom. The van der Waals surface area contributed by atoms with E-state index in [0.29, 0.717) is 50.0 Å². The average molecular weight is 1290 g/mol. The van der Waals surface area contributed by atoms with Crippen molar-refractivity contribution in [3.8, 4) is 57.3 Å². The number of hydrogen-bond acceptors (Lipinski definition) is 18. The number of methoxy groups -OCH3 is 2. The Morgan fingerprint density at radius 1 is 0.398 bits per heavy atom. The third-order valence-electron chi connectivity index (χ3n) is 11.9. The van der Waals surface area contributed by atoms with Gasteiger partial charge in [-0.25, -0.2) is 10.2 Å². The summed E-state index contributed by atoms with van der Waals surface area (Å²) in [5.41, 5.74) is 5.68. The summed E-state index contributed by atoms with van der Waals surface area (Å²) in [5.74, 6) is 1.03. The molecule has 9 aromatic heterocycles. The van der Waals surface area contributed by atoms with E-state index < -0.39 is 18.4 Å². The van der Waals surface area contributed by atoms with E-state index in [4.69, 9.17) is 44.3 Å². The van der Waals surface area contributed by atoms with Gasteiger partial charge in [-0.05, 0) is 91.9 Å². The predicted octanol–water partition coefficient (Wildman–Crippen LogP) is 12.0. The van der Waals surface area contributed by atoms with E-state index in [1.165, 1.54) is 69.9 Å². The molecular weight excluding hydrogens is 1220 g/mol. The van der Waals surface area contributed by atoms with Gasteiger partial charge >= 0.3 is 125 Å². The largest absolute Gasteiger partial charge is 0.480 e. The maximum atomic E-state index is 10.7. The summed E-state index contributed by atoms with van der Waals surface area (Å²) in [7, 11) is 3.09. The first-order chi connectivity index (χ1) is 40.4. The van der Waals surface area contributed by atoms with Crippen molar-refractivity contribution in [1.82, 2.24) is 81.3 Å². The third kappa shape index (κ3) is 23.8. The molecule has 10 aromatic rings. The van der Waals surface area contributed by atoms with Crippen LogP contribution in [-0.2, 0) is 0 Å². The van der Waals surface area contributed by atoms with E-state index >= 15 is 0 Å². The van der Waals surface area contributed by atoms with Gasteiger partial charge in [-0.1, -0.05) is 46.9 Å². The number of benzene rings is 1. The van der Waals surface area contributed by atoms with Gasteiger partial charge in [0, 0.05) is 36.7 Å². The number of aromatic nitrogens is 16. The first-order valence-electron chi connectivity index (χ1n) is 26.6. The Morgan fingerprint density at radius 2 is 0.771 bits per heavy atom. The zero-order chi connectivity index (χ0) is 59.5. The molecule has 20 nitrogen and oxygen atoms in total. The van der Waals surface area contributed by atoms with Crippen molar-refractivity contribution in [1.29, 1.82) is 0 Å². The van der Waals surface area contributed by atoms with Gasteiger partial charge in [0.2, 0.25) is 11.8 Å². The zero-order valence-electron chi connectivity index (χ0n) is 47.0. The molecule has 9 heterocycles. The number of aromatic amines is 2. The Bertz CT molecular complexity index is 3220. The van der Waals surface area contributed by atoms with Gasteiger partial charge in [0.15, 0.2) is 15.5 Å². The molecular formula is C59H65Cl3N16O4Sn. The van der Waals surface area contributed by atoms with E-state index in [9.17, 15) is 9.59 Å². The average Bonchev–Trinajstić information content (AvgIpc) is 3.70. The minimum Gasteiger partial charge on any atom is -0.480 e. The number of H-pyrrole nitrogens is 2. The van der Waals surface area contributed by atoms with Crippen LogP contribution in [0, 0.1) is 6.92 Å². The smallest absolute Gasteiger partial charge is 0.264 e. The molecule has 0 aliphatic heterocycles. The molecule has 0 spiro atoms. The van der Waals surface area contributed by atoms with Crippen LogP contribution in [0.4, 0.5) is 0 Å². The molecule has 0 radical (unpaired) electrons. The van der Waals surface area contributed by atoms with E-state index in [0.717, 1.165) is 28.5 Å². The Labute approximate surface area is 501 Å². The maximum Gasteiger partial charge on any atom is 0.264 e. The van der Waals surface area contributed by atoms with Crippen LogP contribution >= 0.6 is 34.8 Å². The third-order valence-corrected chi connectivity index (χ3v) is 28.2. The first kappa shape index (κ1) is 65.8. The SMILES string of the molecule is CCC[CH2][Sn]([CH2]CCC)([CH2]CCC)[c]1ccccc1.COc1ccc(C)nn1.COc1ccc(Cl)nn1.Clc1ccc(Cl)nn1.O=c1ccc(-c2ccc(=O)[nH]n2)n[nH]1.c1ccc(-c2ccc(-c3ccc(-c4ccccn4)nn3)nn2)nc1. The first-order valence-corrected chi connectivity index (χ1v) is 35.2. The van der Waals surface area contributed by atoms with Crippen LogP contribution in [-0.4, -0.2) is 114 Å². The molecule has 0 unspecified atom stereocenters. The number of nitrogens with zero attached hydrogens (tertiary/aromatic N) is 14. The standard InChI is InChI=1S/C18H12N6.C8H6N4O2.C6H8N2O.C6H5.C5H5ClN2O.C4H2Cl2N2.3C4H9.Sn/c1-3-11-19-13(5-1)15-7-9-17(23-21-15)18-10-8-16(22-24-18)14-6-2-4-12-20-14;13-7-3-1-5(9-11-7)6-2-4-8(14)12-10-6;1-5-3-4-6(9-2)8-7-5;1-2-4-6-5-3-1;1-9-5-3-2-4(6)7-8-5;5-3-1-2-4(6)8-7-3;3*1-3-4-2;/h1-12H;1-4H,(H,11,13)(H,12,14);3-4H,1-2H3;1-5H;2-3H,1H3;1-2H;3*1,3-4H2,2H3;. The van der Waals surface area contributed by atoms with Crippen LogP contribution in [0.3, 0.4) is 0 Å². The van der Waals surface area contributed by atoms with Crippen LogP contribution in [0.5, 0.6) is 11.8 Å². The summed E-state index contributed by atoms with van der Waals surface area (Å²) >= 11 is 14.1. The molecule has 1 aromatic carbocycles. The van der Waals surface area contributed by atoms with Crippen molar-refractivity contribution >= 4 is 56.8 Å². The summed E-state index contributed by atoms with van der Waals surface area (Å²) in [6, 6.07) is 46.3. The van der Waals surface area contributed by atoms with Crippen LogP contribution in [0.2, 0.25) is 28.8 Å². The van der Waals surface area contributed by atoms with Crippen molar-refractivity contribution < 1.29 is 9.47 Å². The number of aryl methyl sites for hydroxylation is 1. The number of halogens is 3. The second kappa shape index (κ2) is 37.1. The molecule has 0 saturated carbocycles. The van der Waals surface area contributed by atoms with Gasteiger partial charge in [-0.2, -0.15) is 15.3 Å². The topological polar surface area (TPSA) is 265 Å². The molecule has 83 heavy (non-hydrogen) atoms. The summed E-state index contributed by atoms with van der Waals surface area (Å²) in [4.78, 5) is 29.9. The Kier molecular flexibility index (Phi) is 29.4. The molecule has 0 fully saturated rings. The molecule has 10 rings (SSSR count). The molecule has 0 saturated heterocycles. The van der Waals surface area contributed by atoms with Gasteiger partial charge in [0.1, 0.15) is 34.2 Å². The molecule has 0 bridgehead atoms. The summed E-state index contributed by atoms with van der Waals surface area (Å²) in [6.07, 6.45) is 11.9. The number of unbranched alkanes of at least 4 members (excludes halogenated alkanes) is 3. The Balaban J connectivity index is 0.000000192. The fraction of sp³-hybridized carbons (Fsp3) is 0.254. The second-order valence-electron chi connectivity index (χ2n) is 17.9. The molecule has 0 atom stereocenters. The van der Waals surface area contributed by atoms with Crippen molar-refractivity contribution in [2.75, 3.05) is 14.2 Å². The second-order valence-corrected chi connectivity index (χ2v) is 32.3. The minimum absolute atomic E-state index is 0.279. The van der Waals surface area contributed by atoms with Gasteiger partial charge in [-0.3, -0.25) is 19.6 Å². The van der Waals surface area contributed by atoms with Crippen LogP contribution in [0.1, 0.15) is 65.0 Å². The van der Waals surface area contributed by atoms with Crippen molar-refractivity contribution in [2.45, 2.75) is 79.5 Å². The molecule has 24 heteroatoms. The van der Waals surface area contributed by atoms with Gasteiger partial charge < -0.3 is 9.47 Å². The van der Waals surface area contributed by atoms with Crippen molar-refractivity contribution in [3.63, 3.8) is 0 Å². The quantitative estimate of drug-likeness (QED) is 0.0851. The monoisotopic (exact) mass is 1290 g/mol. The summed E-state index contributed by atoms with van der Waals surface area (Å²) in [5, 5.41) is 51.6. The predicted molar refractivity (Wildman–Crippen MR) is 328 cm³/mol. The van der Waals surface area contributed by atoms with Crippen molar-refractivity contribution in [3.05, 3.63) is 206 Å². The molecule has 2 N–H and O–H groups in total. The van der Waals surface area contributed by atoms with Crippen LogP contribution < -0.4 is 24.2 Å². The fourth-order valence-electron chi connectivity index (χ4n) is 7.57. The minimum atomic E-state index is -2.10. The molecule has 0 amide bonds. The molecule has 430 valence electrons. The van der Waals surface area contributed by atoms with Crippen LogP contribution in [0.25, 0.3) is 45.6 Å². The number of ether oxygens (including phenoxy) is 2. The van der Waals surface area contributed by atoms with Gasteiger partial charge in [0.05, 0.1) is 31.3 Å². The van der Waals surface area contributed by atoms with Crippen LogP contribution in [0.15, 0.2) is 174 Å². The summed E-state index contributed by atoms with van der Waals surface area (Å²) < 4.78 is 16.1.